The van der Waals surface area contributed by atoms with Gasteiger partial charge in [0.05, 0.1) is 12.1 Å². The molecule has 2 aromatic heterocycles. The Morgan fingerprint density at radius 1 is 1.33 bits per heavy atom. The van der Waals surface area contributed by atoms with E-state index in [-0.39, 0.29) is 18.0 Å². The molecule has 0 atom stereocenters. The van der Waals surface area contributed by atoms with Gasteiger partial charge in [-0.25, -0.2) is 9.78 Å². The lowest BCUT2D eigenvalue weighted by molar-refractivity contribution is 0.0858. The first-order chi connectivity index (χ1) is 11.6. The Kier molecular flexibility index (Phi) is 4.69. The minimum absolute atomic E-state index is 0.0453. The van der Waals surface area contributed by atoms with Gasteiger partial charge in [-0.15, -0.1) is 0 Å². The second-order valence-electron chi connectivity index (χ2n) is 5.90. The smallest absolute Gasteiger partial charge is 0.409 e. The lowest BCUT2D eigenvalue weighted by Crippen LogP contribution is -2.46. The monoisotopic (exact) mass is 330 g/mol. The van der Waals surface area contributed by atoms with Crippen molar-refractivity contribution >= 4 is 17.5 Å². The summed E-state index contributed by atoms with van der Waals surface area (Å²) in [6.45, 7) is 5.23. The molecule has 0 saturated carbocycles. The minimum atomic E-state index is -0.280. The number of fused-ring (bicyclic) bond motifs is 1. The summed E-state index contributed by atoms with van der Waals surface area (Å²) in [6.07, 6.45) is 3.05. The molecular weight excluding hydrogens is 308 g/mol. The topological polar surface area (TPSA) is 75.9 Å². The minimum Gasteiger partial charge on any atom is -0.450 e. The van der Waals surface area contributed by atoms with Crippen molar-refractivity contribution in [3.8, 4) is 0 Å². The summed E-state index contributed by atoms with van der Waals surface area (Å²) >= 11 is 0. The molecule has 24 heavy (non-hydrogen) atoms. The van der Waals surface area contributed by atoms with Crippen LogP contribution in [0.5, 0.6) is 0 Å². The summed E-state index contributed by atoms with van der Waals surface area (Å²) in [5, 5.41) is 3.04. The Morgan fingerprint density at radius 2 is 2.08 bits per heavy atom. The zero-order chi connectivity index (χ0) is 17.1. The van der Waals surface area contributed by atoms with Gasteiger partial charge < -0.3 is 19.4 Å². The number of nitrogens with zero attached hydrogens (tertiary/aromatic N) is 3. The molecule has 1 aliphatic rings. The number of rotatable bonds is 3. The van der Waals surface area contributed by atoms with E-state index in [0.717, 1.165) is 24.2 Å². The van der Waals surface area contributed by atoms with Gasteiger partial charge in [-0.1, -0.05) is 6.07 Å². The normalized spacial score (nSPS) is 15.5. The number of hydrogen-bond acceptors (Lipinski definition) is 4. The zero-order valence-corrected chi connectivity index (χ0v) is 14.0. The molecule has 128 valence electrons. The first-order valence-electron chi connectivity index (χ1n) is 8.26. The van der Waals surface area contributed by atoms with Crippen LogP contribution in [0.25, 0.3) is 5.52 Å². The van der Waals surface area contributed by atoms with Crippen LogP contribution in [0.1, 0.15) is 36.1 Å². The van der Waals surface area contributed by atoms with Gasteiger partial charge in [0, 0.05) is 25.3 Å². The van der Waals surface area contributed by atoms with Crippen LogP contribution in [0.3, 0.4) is 0 Å². The van der Waals surface area contributed by atoms with Crippen LogP contribution >= 0.6 is 0 Å². The maximum absolute atomic E-state index is 12.6. The van der Waals surface area contributed by atoms with E-state index in [1.54, 1.807) is 11.8 Å². The molecule has 1 saturated heterocycles. The Balaban J connectivity index is 1.63. The second-order valence-corrected chi connectivity index (χ2v) is 5.90. The number of pyridine rings is 1. The summed E-state index contributed by atoms with van der Waals surface area (Å²) in [7, 11) is 0. The first-order valence-corrected chi connectivity index (χ1v) is 8.26. The third-order valence-electron chi connectivity index (χ3n) is 4.30. The van der Waals surface area contributed by atoms with Crippen LogP contribution in [-0.2, 0) is 4.74 Å². The summed E-state index contributed by atoms with van der Waals surface area (Å²) < 4.78 is 6.91. The van der Waals surface area contributed by atoms with Gasteiger partial charge in [-0.2, -0.15) is 0 Å². The zero-order valence-electron chi connectivity index (χ0n) is 14.0. The van der Waals surface area contributed by atoms with Gasteiger partial charge in [-0.3, -0.25) is 4.79 Å². The number of imidazole rings is 1. The van der Waals surface area contributed by atoms with Gasteiger partial charge in [0.15, 0.2) is 5.69 Å². The maximum Gasteiger partial charge on any atom is 0.409 e. The highest BCUT2D eigenvalue weighted by Crippen LogP contribution is 2.15. The number of likely N-dealkylation sites (tertiary alicyclic amines) is 1. The molecule has 0 radical (unpaired) electrons. The number of hydrogen-bond donors (Lipinski definition) is 1. The summed E-state index contributed by atoms with van der Waals surface area (Å²) in [4.78, 5) is 30.3. The highest BCUT2D eigenvalue weighted by atomic mass is 16.6. The number of aromatic nitrogens is 2. The van der Waals surface area contributed by atoms with Crippen LogP contribution in [0.2, 0.25) is 0 Å². The molecule has 3 heterocycles. The fourth-order valence-electron chi connectivity index (χ4n) is 3.03. The molecule has 1 fully saturated rings. The predicted molar refractivity (Wildman–Crippen MR) is 89.0 cm³/mol. The Bertz CT molecular complexity index is 747. The lowest BCUT2D eigenvalue weighted by atomic mass is 10.1. The first kappa shape index (κ1) is 16.3. The van der Waals surface area contributed by atoms with Crippen LogP contribution in [0, 0.1) is 6.92 Å². The molecule has 1 N–H and O–H groups in total. The average molecular weight is 330 g/mol. The fraction of sp³-hybridized carbons (Fsp3) is 0.471. The quantitative estimate of drug-likeness (QED) is 0.934. The van der Waals surface area contributed by atoms with Crippen molar-refractivity contribution in [3.05, 3.63) is 35.9 Å². The van der Waals surface area contributed by atoms with Gasteiger partial charge >= 0.3 is 6.09 Å². The largest absolute Gasteiger partial charge is 0.450 e. The van der Waals surface area contributed by atoms with E-state index in [4.69, 9.17) is 4.74 Å². The molecule has 2 aromatic rings. The summed E-state index contributed by atoms with van der Waals surface area (Å²) in [6, 6.07) is 5.74. The number of carbonyl (C=O) groups excluding carboxylic acids is 2. The Morgan fingerprint density at radius 3 is 2.79 bits per heavy atom. The van der Waals surface area contributed by atoms with E-state index < -0.39 is 0 Å². The van der Waals surface area contributed by atoms with Gasteiger partial charge in [-0.05, 0) is 38.8 Å². The fourth-order valence-corrected chi connectivity index (χ4v) is 3.03. The van der Waals surface area contributed by atoms with Crippen molar-refractivity contribution in [1.82, 2.24) is 19.6 Å². The van der Waals surface area contributed by atoms with Gasteiger partial charge in [0.2, 0.25) is 0 Å². The molecule has 0 bridgehead atoms. The highest BCUT2D eigenvalue weighted by Gasteiger charge is 2.26. The number of carbonyl (C=O) groups is 2. The van der Waals surface area contributed by atoms with E-state index in [9.17, 15) is 9.59 Å². The Labute approximate surface area is 140 Å². The third kappa shape index (κ3) is 3.20. The molecule has 0 spiro atoms. The molecule has 2 amide bonds. The second kappa shape index (κ2) is 6.90. The Hall–Kier alpha value is -2.57. The van der Waals surface area contributed by atoms with Crippen LogP contribution < -0.4 is 5.32 Å². The molecule has 7 heteroatoms. The van der Waals surface area contributed by atoms with Crippen molar-refractivity contribution in [3.63, 3.8) is 0 Å². The van der Waals surface area contributed by atoms with Crippen LogP contribution in [-0.4, -0.2) is 52.0 Å². The number of ether oxygens (including phenoxy) is 1. The van der Waals surface area contributed by atoms with Crippen LogP contribution in [0.15, 0.2) is 24.4 Å². The van der Waals surface area contributed by atoms with Crippen molar-refractivity contribution < 1.29 is 14.3 Å². The molecule has 0 unspecified atom stereocenters. The van der Waals surface area contributed by atoms with E-state index in [2.05, 4.69) is 10.3 Å². The van der Waals surface area contributed by atoms with E-state index in [1.165, 1.54) is 0 Å². The molecule has 3 rings (SSSR count). The number of aryl methyl sites for hydroxylation is 1. The van der Waals surface area contributed by atoms with Crippen molar-refractivity contribution in [2.45, 2.75) is 32.7 Å². The molecule has 0 aliphatic carbocycles. The van der Waals surface area contributed by atoms with Crippen molar-refractivity contribution in [2.24, 2.45) is 0 Å². The van der Waals surface area contributed by atoms with Crippen LogP contribution in [0.4, 0.5) is 4.79 Å². The third-order valence-corrected chi connectivity index (χ3v) is 4.30. The lowest BCUT2D eigenvalue weighted by Gasteiger charge is -2.31. The average Bonchev–Trinajstić information content (AvgIpc) is 2.93. The number of amides is 2. The summed E-state index contributed by atoms with van der Waals surface area (Å²) in [5.41, 5.74) is 1.25. The van der Waals surface area contributed by atoms with Gasteiger partial charge in [0.1, 0.15) is 5.82 Å². The SMILES string of the molecule is CCOC(=O)N1CCC(NC(=O)c2nc(C)n3ccccc23)CC1. The molecule has 0 aromatic carbocycles. The highest BCUT2D eigenvalue weighted by molar-refractivity contribution is 5.99. The van der Waals surface area contributed by atoms with E-state index >= 15 is 0 Å². The number of piperidine rings is 1. The molecular formula is C17H22N4O3. The summed E-state index contributed by atoms with van der Waals surface area (Å²) in [5.74, 6) is 0.620. The standard InChI is InChI=1S/C17H22N4O3/c1-3-24-17(23)20-10-7-13(8-11-20)19-16(22)15-14-6-4-5-9-21(14)12(2)18-15/h4-6,9,13H,3,7-8,10-11H2,1-2H3,(H,19,22). The van der Waals surface area contributed by atoms with Crippen molar-refractivity contribution in [2.75, 3.05) is 19.7 Å². The number of nitrogens with one attached hydrogen (secondary N) is 1. The molecule has 7 nitrogen and oxygen atoms in total. The van der Waals surface area contributed by atoms with Crippen molar-refractivity contribution in [1.29, 1.82) is 0 Å². The van der Waals surface area contributed by atoms with E-state index in [0.29, 0.717) is 25.4 Å². The van der Waals surface area contributed by atoms with E-state index in [1.807, 2.05) is 35.7 Å². The predicted octanol–water partition coefficient (Wildman–Crippen LogP) is 1.99. The molecule has 1 aliphatic heterocycles. The van der Waals surface area contributed by atoms with Gasteiger partial charge in [0.25, 0.3) is 5.91 Å². The maximum atomic E-state index is 12.6.